The van der Waals surface area contributed by atoms with Crippen molar-refractivity contribution >= 4 is 21.5 Å². The van der Waals surface area contributed by atoms with E-state index in [0.717, 1.165) is 66.9 Å². The van der Waals surface area contributed by atoms with Crippen LogP contribution in [0.3, 0.4) is 0 Å². The van der Waals surface area contributed by atoms with Gasteiger partial charge in [-0.05, 0) is 97.7 Å². The van der Waals surface area contributed by atoms with Gasteiger partial charge in [0.15, 0.2) is 17.5 Å². The maximum Gasteiger partial charge on any atom is 0.164 e. The fraction of sp³-hybridized carbons (Fsp3) is 0.0189. The minimum Gasteiger partial charge on any atom is -0.261 e. The number of nitrogens with zero attached hydrogens (tertiary/aromatic N) is 4. The minimum absolute atomic E-state index is 0.622. The van der Waals surface area contributed by atoms with Crippen molar-refractivity contribution in [3.63, 3.8) is 0 Å². The van der Waals surface area contributed by atoms with Gasteiger partial charge in [0, 0.05) is 34.1 Å². The topological polar surface area (TPSA) is 51.6 Å². The Morgan fingerprint density at radius 1 is 0.298 bits per heavy atom. The van der Waals surface area contributed by atoms with E-state index in [4.69, 9.17) is 15.0 Å². The number of hydrogen-bond acceptors (Lipinski definition) is 4. The Morgan fingerprint density at radius 2 is 0.737 bits per heavy atom. The van der Waals surface area contributed by atoms with Crippen LogP contribution < -0.4 is 0 Å². The Balaban J connectivity index is 1.13. The normalized spacial score (nSPS) is 11.2. The van der Waals surface area contributed by atoms with E-state index in [1.807, 2.05) is 73.8 Å². The van der Waals surface area contributed by atoms with E-state index in [1.165, 1.54) is 21.5 Å². The fourth-order valence-corrected chi connectivity index (χ4v) is 7.66. The summed E-state index contributed by atoms with van der Waals surface area (Å²) in [7, 11) is 0. The molecule has 2 aromatic heterocycles. The standard InChI is InChI=1S/C53H36N4/c1-35-20-21-43(34-54-35)38-26-22-36(23-27-38)37-24-28-39(29-25-37)44-30-45(50-33-42-16-8-9-17-47(42)48-18-10-11-19-49(48)50)32-46(31-44)53-56-51(40-12-4-2-5-13-40)55-52(57-53)41-14-6-3-7-15-41/h2-34H,1H3. The molecule has 10 aromatic rings. The Kier molecular flexibility index (Phi) is 8.69. The van der Waals surface area contributed by atoms with Crippen molar-refractivity contribution < 1.29 is 0 Å². The zero-order chi connectivity index (χ0) is 38.1. The van der Waals surface area contributed by atoms with Gasteiger partial charge in [-0.2, -0.15) is 0 Å². The second-order valence-electron chi connectivity index (χ2n) is 14.4. The molecule has 0 amide bonds. The zero-order valence-corrected chi connectivity index (χ0v) is 31.3. The molecule has 0 radical (unpaired) electrons. The maximum atomic E-state index is 5.14. The van der Waals surface area contributed by atoms with E-state index in [-0.39, 0.29) is 0 Å². The summed E-state index contributed by atoms with van der Waals surface area (Å²) < 4.78 is 0. The van der Waals surface area contributed by atoms with Crippen molar-refractivity contribution in [2.24, 2.45) is 0 Å². The van der Waals surface area contributed by atoms with E-state index in [2.05, 4.69) is 138 Å². The highest BCUT2D eigenvalue weighted by molar-refractivity contribution is 6.14. The molecule has 0 atom stereocenters. The van der Waals surface area contributed by atoms with Crippen molar-refractivity contribution in [2.75, 3.05) is 0 Å². The molecule has 0 saturated carbocycles. The van der Waals surface area contributed by atoms with Gasteiger partial charge in [-0.25, -0.2) is 15.0 Å². The molecule has 0 fully saturated rings. The molecule has 2 heterocycles. The van der Waals surface area contributed by atoms with Gasteiger partial charge < -0.3 is 0 Å². The largest absolute Gasteiger partial charge is 0.261 e. The molecule has 4 nitrogen and oxygen atoms in total. The first-order valence-corrected chi connectivity index (χ1v) is 19.2. The highest BCUT2D eigenvalue weighted by Crippen LogP contribution is 2.39. The van der Waals surface area contributed by atoms with Crippen LogP contribution in [0.15, 0.2) is 200 Å². The third-order valence-corrected chi connectivity index (χ3v) is 10.7. The van der Waals surface area contributed by atoms with Crippen LogP contribution in [0.5, 0.6) is 0 Å². The lowest BCUT2D eigenvalue weighted by Gasteiger charge is -2.15. The van der Waals surface area contributed by atoms with Gasteiger partial charge in [0.25, 0.3) is 0 Å². The average Bonchev–Trinajstić information content (AvgIpc) is 3.29. The molecule has 8 aromatic carbocycles. The maximum absolute atomic E-state index is 5.14. The molecular formula is C53H36N4. The molecule has 0 aliphatic heterocycles. The lowest BCUT2D eigenvalue weighted by Crippen LogP contribution is -2.00. The summed E-state index contributed by atoms with van der Waals surface area (Å²) in [5, 5.41) is 4.87. The van der Waals surface area contributed by atoms with Crippen molar-refractivity contribution in [3.8, 4) is 78.7 Å². The van der Waals surface area contributed by atoms with Crippen LogP contribution in [0, 0.1) is 6.92 Å². The summed E-state index contributed by atoms with van der Waals surface area (Å²) >= 11 is 0. The van der Waals surface area contributed by atoms with E-state index < -0.39 is 0 Å². The molecule has 0 spiro atoms. The Hall–Kier alpha value is -7.56. The van der Waals surface area contributed by atoms with Gasteiger partial charge in [-0.15, -0.1) is 0 Å². The van der Waals surface area contributed by atoms with Crippen LogP contribution in [0.2, 0.25) is 0 Å². The summed E-state index contributed by atoms with van der Waals surface area (Å²) in [6.07, 6.45) is 1.93. The second kappa shape index (κ2) is 14.6. The van der Waals surface area contributed by atoms with Crippen LogP contribution in [0.1, 0.15) is 5.69 Å². The summed E-state index contributed by atoms with van der Waals surface area (Å²) in [5.41, 5.74) is 12.8. The number of pyridine rings is 1. The minimum atomic E-state index is 0.622. The van der Waals surface area contributed by atoms with E-state index in [9.17, 15) is 0 Å². The van der Waals surface area contributed by atoms with Gasteiger partial charge in [-0.3, -0.25) is 4.98 Å². The first-order valence-electron chi connectivity index (χ1n) is 19.2. The van der Waals surface area contributed by atoms with E-state index >= 15 is 0 Å². The van der Waals surface area contributed by atoms with Gasteiger partial charge in [0.1, 0.15) is 0 Å². The molecular weight excluding hydrogens is 693 g/mol. The van der Waals surface area contributed by atoms with Crippen molar-refractivity contribution in [1.29, 1.82) is 0 Å². The third kappa shape index (κ3) is 6.75. The van der Waals surface area contributed by atoms with E-state index in [1.54, 1.807) is 0 Å². The van der Waals surface area contributed by atoms with Crippen LogP contribution in [-0.4, -0.2) is 19.9 Å². The lowest BCUT2D eigenvalue weighted by molar-refractivity contribution is 1.07. The highest BCUT2D eigenvalue weighted by Gasteiger charge is 2.17. The molecule has 4 heteroatoms. The first kappa shape index (κ1) is 34.0. The predicted molar refractivity (Wildman–Crippen MR) is 235 cm³/mol. The van der Waals surface area contributed by atoms with Gasteiger partial charge in [0.2, 0.25) is 0 Å². The van der Waals surface area contributed by atoms with Crippen LogP contribution >= 0.6 is 0 Å². The summed E-state index contributed by atoms with van der Waals surface area (Å²) in [6, 6.07) is 68.4. The summed E-state index contributed by atoms with van der Waals surface area (Å²) in [5.74, 6) is 1.89. The monoisotopic (exact) mass is 728 g/mol. The molecule has 57 heavy (non-hydrogen) atoms. The molecule has 0 N–H and O–H groups in total. The quantitative estimate of drug-likeness (QED) is 0.153. The molecule has 268 valence electrons. The number of aryl methyl sites for hydroxylation is 1. The molecule has 0 aliphatic carbocycles. The van der Waals surface area contributed by atoms with E-state index in [0.29, 0.717) is 17.5 Å². The molecule has 0 aliphatic rings. The Bertz CT molecular complexity index is 2970. The van der Waals surface area contributed by atoms with Gasteiger partial charge >= 0.3 is 0 Å². The highest BCUT2D eigenvalue weighted by atomic mass is 15.0. The van der Waals surface area contributed by atoms with Crippen LogP contribution in [0.25, 0.3) is 100 Å². The number of rotatable bonds is 7. The zero-order valence-electron chi connectivity index (χ0n) is 31.3. The molecule has 0 bridgehead atoms. The van der Waals surface area contributed by atoms with Gasteiger partial charge in [-0.1, -0.05) is 164 Å². The van der Waals surface area contributed by atoms with Crippen LogP contribution in [0.4, 0.5) is 0 Å². The summed E-state index contributed by atoms with van der Waals surface area (Å²) in [4.78, 5) is 19.7. The number of hydrogen-bond donors (Lipinski definition) is 0. The molecule has 0 unspecified atom stereocenters. The number of aromatic nitrogens is 4. The number of benzene rings is 8. The Labute approximate surface area is 331 Å². The third-order valence-electron chi connectivity index (χ3n) is 10.7. The summed E-state index contributed by atoms with van der Waals surface area (Å²) in [6.45, 7) is 2.01. The fourth-order valence-electron chi connectivity index (χ4n) is 7.66. The van der Waals surface area contributed by atoms with Crippen molar-refractivity contribution in [3.05, 3.63) is 206 Å². The molecule has 10 rings (SSSR count). The molecule has 0 saturated heterocycles. The second-order valence-corrected chi connectivity index (χ2v) is 14.4. The number of fused-ring (bicyclic) bond motifs is 3. The first-order chi connectivity index (χ1) is 28.1. The average molecular weight is 729 g/mol. The van der Waals surface area contributed by atoms with Crippen LogP contribution in [-0.2, 0) is 0 Å². The van der Waals surface area contributed by atoms with Crippen molar-refractivity contribution in [2.45, 2.75) is 6.92 Å². The van der Waals surface area contributed by atoms with Gasteiger partial charge in [0.05, 0.1) is 0 Å². The Morgan fingerprint density at radius 3 is 1.32 bits per heavy atom. The SMILES string of the molecule is Cc1ccc(-c2ccc(-c3ccc(-c4cc(-c5nc(-c6ccccc6)nc(-c6ccccc6)n5)cc(-c5cc6ccccc6c6ccccc56)c4)cc3)cc2)cn1. The lowest BCUT2D eigenvalue weighted by atomic mass is 9.90. The smallest absolute Gasteiger partial charge is 0.164 e. The van der Waals surface area contributed by atoms with Crippen molar-refractivity contribution in [1.82, 2.24) is 19.9 Å². The predicted octanol–water partition coefficient (Wildman–Crippen LogP) is 13.6.